The first-order valence-electron chi connectivity index (χ1n) is 6.46. The van der Waals surface area contributed by atoms with Gasteiger partial charge in [-0.05, 0) is 36.2 Å². The quantitative estimate of drug-likeness (QED) is 0.907. The fourth-order valence-corrected chi connectivity index (χ4v) is 2.28. The van der Waals surface area contributed by atoms with Crippen LogP contribution in [0.15, 0.2) is 48.5 Å². The Hall–Kier alpha value is -1.84. The molecule has 1 amide bonds. The Morgan fingerprint density at radius 1 is 1.20 bits per heavy atom. The highest BCUT2D eigenvalue weighted by Crippen LogP contribution is 2.22. The number of carbonyl (C=O) groups excluding carboxylic acids is 1. The SMILES string of the molecule is C[C@@H](NC(=O)c1ccc(CN)cc1)c1ccccc1Cl. The van der Waals surface area contributed by atoms with Crippen LogP contribution >= 0.6 is 11.6 Å². The van der Waals surface area contributed by atoms with Crippen LogP contribution in [0.5, 0.6) is 0 Å². The second-order valence-corrected chi connectivity index (χ2v) is 5.02. The maximum atomic E-state index is 12.2. The number of amides is 1. The van der Waals surface area contributed by atoms with Crippen molar-refractivity contribution in [3.8, 4) is 0 Å². The van der Waals surface area contributed by atoms with Gasteiger partial charge >= 0.3 is 0 Å². The van der Waals surface area contributed by atoms with Gasteiger partial charge in [0.2, 0.25) is 0 Å². The molecule has 0 saturated heterocycles. The van der Waals surface area contributed by atoms with Crippen LogP contribution in [0.3, 0.4) is 0 Å². The summed E-state index contributed by atoms with van der Waals surface area (Å²) < 4.78 is 0. The molecule has 0 aromatic heterocycles. The summed E-state index contributed by atoms with van der Waals surface area (Å²) in [6.07, 6.45) is 0. The number of carbonyl (C=O) groups is 1. The van der Waals surface area contributed by atoms with Crippen LogP contribution in [0.25, 0.3) is 0 Å². The van der Waals surface area contributed by atoms with Crippen molar-refractivity contribution in [3.05, 3.63) is 70.2 Å². The molecule has 4 heteroatoms. The smallest absolute Gasteiger partial charge is 0.251 e. The van der Waals surface area contributed by atoms with E-state index in [0.29, 0.717) is 17.1 Å². The topological polar surface area (TPSA) is 55.1 Å². The Morgan fingerprint density at radius 3 is 2.45 bits per heavy atom. The summed E-state index contributed by atoms with van der Waals surface area (Å²) in [6.45, 7) is 2.38. The molecule has 0 spiro atoms. The third-order valence-corrected chi connectivity index (χ3v) is 3.52. The average Bonchev–Trinajstić information content (AvgIpc) is 2.47. The minimum absolute atomic E-state index is 0.124. The zero-order valence-electron chi connectivity index (χ0n) is 11.3. The lowest BCUT2D eigenvalue weighted by molar-refractivity contribution is 0.0940. The zero-order chi connectivity index (χ0) is 14.5. The number of nitrogens with one attached hydrogen (secondary N) is 1. The molecule has 0 fully saturated rings. The first-order valence-corrected chi connectivity index (χ1v) is 6.84. The van der Waals surface area contributed by atoms with Crippen LogP contribution in [0.1, 0.15) is 34.5 Å². The lowest BCUT2D eigenvalue weighted by atomic mass is 10.1. The van der Waals surface area contributed by atoms with Gasteiger partial charge in [0, 0.05) is 17.1 Å². The molecule has 0 heterocycles. The zero-order valence-corrected chi connectivity index (χ0v) is 12.0. The van der Waals surface area contributed by atoms with E-state index >= 15 is 0 Å². The van der Waals surface area contributed by atoms with Gasteiger partial charge in [0.05, 0.1) is 6.04 Å². The van der Waals surface area contributed by atoms with E-state index in [1.807, 2.05) is 43.3 Å². The van der Waals surface area contributed by atoms with Gasteiger partial charge in [-0.15, -0.1) is 0 Å². The molecule has 2 rings (SSSR count). The van der Waals surface area contributed by atoms with Crippen molar-refractivity contribution in [2.75, 3.05) is 0 Å². The van der Waals surface area contributed by atoms with E-state index in [0.717, 1.165) is 11.1 Å². The average molecular weight is 289 g/mol. The molecule has 0 radical (unpaired) electrons. The molecule has 0 aliphatic rings. The van der Waals surface area contributed by atoms with E-state index in [9.17, 15) is 4.79 Å². The van der Waals surface area contributed by atoms with Crippen LogP contribution in [-0.4, -0.2) is 5.91 Å². The van der Waals surface area contributed by atoms with Crippen molar-refractivity contribution in [1.29, 1.82) is 0 Å². The van der Waals surface area contributed by atoms with Crippen LogP contribution < -0.4 is 11.1 Å². The maximum Gasteiger partial charge on any atom is 0.251 e. The Labute approximate surface area is 123 Å². The third-order valence-electron chi connectivity index (χ3n) is 3.17. The Bertz CT molecular complexity index is 596. The predicted octanol–water partition coefficient (Wildman–Crippen LogP) is 3.29. The van der Waals surface area contributed by atoms with E-state index in [-0.39, 0.29) is 11.9 Å². The highest BCUT2D eigenvalue weighted by atomic mass is 35.5. The maximum absolute atomic E-state index is 12.2. The minimum Gasteiger partial charge on any atom is -0.345 e. The van der Waals surface area contributed by atoms with Gasteiger partial charge in [-0.25, -0.2) is 0 Å². The Balaban J connectivity index is 2.09. The molecule has 2 aromatic carbocycles. The first kappa shape index (κ1) is 14.6. The molecule has 20 heavy (non-hydrogen) atoms. The molecule has 1 atom stereocenters. The minimum atomic E-state index is -0.148. The van der Waals surface area contributed by atoms with E-state index in [2.05, 4.69) is 5.32 Å². The Morgan fingerprint density at radius 2 is 1.85 bits per heavy atom. The molecule has 104 valence electrons. The molecule has 0 saturated carbocycles. The summed E-state index contributed by atoms with van der Waals surface area (Å²) in [6, 6.07) is 14.6. The first-order chi connectivity index (χ1) is 9.61. The second kappa shape index (κ2) is 6.55. The largest absolute Gasteiger partial charge is 0.345 e. The normalized spacial score (nSPS) is 11.9. The molecule has 3 N–H and O–H groups in total. The van der Waals surface area contributed by atoms with E-state index < -0.39 is 0 Å². The summed E-state index contributed by atoms with van der Waals surface area (Å²) in [4.78, 5) is 12.2. The lowest BCUT2D eigenvalue weighted by Crippen LogP contribution is -2.26. The number of hydrogen-bond donors (Lipinski definition) is 2. The number of hydrogen-bond acceptors (Lipinski definition) is 2. The van der Waals surface area contributed by atoms with Crippen LogP contribution in [0, 0.1) is 0 Å². The highest BCUT2D eigenvalue weighted by molar-refractivity contribution is 6.31. The van der Waals surface area contributed by atoms with Gasteiger partial charge in [0.15, 0.2) is 0 Å². The summed E-state index contributed by atoms with van der Waals surface area (Å²) in [7, 11) is 0. The molecule has 0 aliphatic carbocycles. The number of rotatable bonds is 4. The molecule has 0 unspecified atom stereocenters. The van der Waals surface area contributed by atoms with Crippen molar-refractivity contribution in [2.24, 2.45) is 5.73 Å². The van der Waals surface area contributed by atoms with Crippen molar-refractivity contribution in [1.82, 2.24) is 5.32 Å². The highest BCUT2D eigenvalue weighted by Gasteiger charge is 2.13. The summed E-state index contributed by atoms with van der Waals surface area (Å²) in [5.41, 5.74) is 8.05. The van der Waals surface area contributed by atoms with Crippen LogP contribution in [-0.2, 0) is 6.54 Å². The summed E-state index contributed by atoms with van der Waals surface area (Å²) in [5, 5.41) is 3.59. The molecular weight excluding hydrogens is 272 g/mol. The number of nitrogens with two attached hydrogens (primary N) is 1. The Kier molecular flexibility index (Phi) is 4.77. The lowest BCUT2D eigenvalue weighted by Gasteiger charge is -2.15. The van der Waals surface area contributed by atoms with Crippen LogP contribution in [0.4, 0.5) is 0 Å². The standard InChI is InChI=1S/C16H17ClN2O/c1-11(14-4-2-3-5-15(14)17)19-16(20)13-8-6-12(10-18)7-9-13/h2-9,11H,10,18H2,1H3,(H,19,20)/t11-/m1/s1. The van der Waals surface area contributed by atoms with Crippen molar-refractivity contribution >= 4 is 17.5 Å². The molecular formula is C16H17ClN2O. The third kappa shape index (κ3) is 3.38. The van der Waals surface area contributed by atoms with Gasteiger partial charge in [-0.2, -0.15) is 0 Å². The monoisotopic (exact) mass is 288 g/mol. The molecule has 0 bridgehead atoms. The van der Waals surface area contributed by atoms with Gasteiger partial charge in [0.25, 0.3) is 5.91 Å². The predicted molar refractivity (Wildman–Crippen MR) is 81.7 cm³/mol. The van der Waals surface area contributed by atoms with Gasteiger partial charge in [0.1, 0.15) is 0 Å². The number of halogens is 1. The summed E-state index contributed by atoms with van der Waals surface area (Å²) in [5.74, 6) is -0.124. The van der Waals surface area contributed by atoms with E-state index in [1.165, 1.54) is 0 Å². The summed E-state index contributed by atoms with van der Waals surface area (Å²) >= 11 is 6.12. The van der Waals surface area contributed by atoms with Crippen molar-refractivity contribution in [3.63, 3.8) is 0 Å². The second-order valence-electron chi connectivity index (χ2n) is 4.62. The van der Waals surface area contributed by atoms with E-state index in [4.69, 9.17) is 17.3 Å². The number of benzene rings is 2. The fraction of sp³-hybridized carbons (Fsp3) is 0.188. The van der Waals surface area contributed by atoms with Gasteiger partial charge < -0.3 is 11.1 Å². The molecule has 3 nitrogen and oxygen atoms in total. The molecule has 2 aromatic rings. The fourth-order valence-electron chi connectivity index (χ4n) is 1.98. The van der Waals surface area contributed by atoms with Gasteiger partial charge in [-0.3, -0.25) is 4.79 Å². The van der Waals surface area contributed by atoms with Crippen molar-refractivity contribution in [2.45, 2.75) is 19.5 Å². The van der Waals surface area contributed by atoms with E-state index in [1.54, 1.807) is 12.1 Å². The van der Waals surface area contributed by atoms with Crippen LogP contribution in [0.2, 0.25) is 5.02 Å². The van der Waals surface area contributed by atoms with Crippen molar-refractivity contribution < 1.29 is 4.79 Å². The van der Waals surface area contributed by atoms with Gasteiger partial charge in [-0.1, -0.05) is 41.9 Å². The molecule has 0 aliphatic heterocycles.